The average molecular weight is 274 g/mol. The number of phenols is 2. The van der Waals surface area contributed by atoms with E-state index in [2.05, 4.69) is 6.07 Å². The quantitative estimate of drug-likeness (QED) is 0.898. The summed E-state index contributed by atoms with van der Waals surface area (Å²) >= 11 is 6.04. The first-order valence-electron chi connectivity index (χ1n) is 5.76. The predicted molar refractivity (Wildman–Crippen MR) is 73.3 cm³/mol. The highest BCUT2D eigenvalue weighted by Gasteiger charge is 2.15. The second kappa shape index (κ2) is 5.64. The van der Waals surface area contributed by atoms with Crippen LogP contribution in [0.4, 0.5) is 0 Å². The zero-order chi connectivity index (χ0) is 13.8. The Hall–Kier alpha value is -2.18. The molecular formula is C15H12ClNO2. The summed E-state index contributed by atoms with van der Waals surface area (Å²) < 4.78 is 0. The third-order valence-electron chi connectivity index (χ3n) is 2.89. The van der Waals surface area contributed by atoms with E-state index in [-0.39, 0.29) is 11.5 Å². The molecule has 2 aromatic carbocycles. The summed E-state index contributed by atoms with van der Waals surface area (Å²) in [5.74, 6) is -0.118. The summed E-state index contributed by atoms with van der Waals surface area (Å²) in [6.45, 7) is 0. The Morgan fingerprint density at radius 2 is 1.68 bits per heavy atom. The third-order valence-corrected chi connectivity index (χ3v) is 3.22. The van der Waals surface area contributed by atoms with E-state index < -0.39 is 5.92 Å². The Morgan fingerprint density at radius 1 is 1.05 bits per heavy atom. The van der Waals surface area contributed by atoms with Crippen molar-refractivity contribution in [2.24, 2.45) is 0 Å². The lowest BCUT2D eigenvalue weighted by Crippen LogP contribution is -2.01. The molecule has 0 bridgehead atoms. The number of hydrogen-bond acceptors (Lipinski definition) is 3. The van der Waals surface area contributed by atoms with Crippen LogP contribution in [0.25, 0.3) is 0 Å². The molecule has 0 radical (unpaired) electrons. The predicted octanol–water partition coefficient (Wildman–Crippen LogP) is 3.60. The molecule has 1 atom stereocenters. The largest absolute Gasteiger partial charge is 0.508 e. The first-order valence-corrected chi connectivity index (χ1v) is 6.14. The summed E-state index contributed by atoms with van der Waals surface area (Å²) in [6.07, 6.45) is 0.501. The normalized spacial score (nSPS) is 11.8. The maximum atomic E-state index is 9.32. The van der Waals surface area contributed by atoms with Crippen LogP contribution in [0.15, 0.2) is 42.5 Å². The molecule has 2 aromatic rings. The van der Waals surface area contributed by atoms with Crippen LogP contribution >= 0.6 is 11.6 Å². The average Bonchev–Trinajstić information content (AvgIpc) is 2.39. The Kier molecular flexibility index (Phi) is 3.94. The number of rotatable bonds is 3. The van der Waals surface area contributed by atoms with Gasteiger partial charge in [-0.2, -0.15) is 5.26 Å². The standard InChI is InChI=1S/C15H12ClNO2/c16-15-8-13(19)5-6-14(15)11(9-17)7-10-1-3-12(18)4-2-10/h1-6,8,11,18-19H,7H2/t11-/m1/s1. The fourth-order valence-corrected chi connectivity index (χ4v) is 2.20. The topological polar surface area (TPSA) is 64.2 Å². The summed E-state index contributed by atoms with van der Waals surface area (Å²) in [6, 6.07) is 13.5. The molecule has 96 valence electrons. The Labute approximate surface area is 116 Å². The van der Waals surface area contributed by atoms with Gasteiger partial charge in [-0.3, -0.25) is 0 Å². The number of benzene rings is 2. The van der Waals surface area contributed by atoms with Crippen LogP contribution < -0.4 is 0 Å². The number of nitriles is 1. The zero-order valence-corrected chi connectivity index (χ0v) is 10.8. The summed E-state index contributed by atoms with van der Waals surface area (Å²) in [5, 5.41) is 28.2. The van der Waals surface area contributed by atoms with Gasteiger partial charge in [0.25, 0.3) is 0 Å². The van der Waals surface area contributed by atoms with Crippen LogP contribution in [-0.4, -0.2) is 10.2 Å². The summed E-state index contributed by atoms with van der Waals surface area (Å²) in [7, 11) is 0. The highest BCUT2D eigenvalue weighted by atomic mass is 35.5. The third kappa shape index (κ3) is 3.18. The minimum absolute atomic E-state index is 0.0788. The van der Waals surface area contributed by atoms with Crippen molar-refractivity contribution in [2.75, 3.05) is 0 Å². The van der Waals surface area contributed by atoms with Gasteiger partial charge in [0.05, 0.1) is 12.0 Å². The van der Waals surface area contributed by atoms with Crippen LogP contribution in [0.1, 0.15) is 17.0 Å². The molecule has 4 heteroatoms. The number of hydrogen-bond donors (Lipinski definition) is 2. The molecule has 0 aromatic heterocycles. The minimum atomic E-state index is -0.391. The second-order valence-corrected chi connectivity index (χ2v) is 4.67. The van der Waals surface area contributed by atoms with Gasteiger partial charge < -0.3 is 10.2 Å². The van der Waals surface area contributed by atoms with Crippen molar-refractivity contribution in [1.82, 2.24) is 0 Å². The molecule has 2 N–H and O–H groups in total. The highest BCUT2D eigenvalue weighted by Crippen LogP contribution is 2.30. The van der Waals surface area contributed by atoms with Gasteiger partial charge >= 0.3 is 0 Å². The minimum Gasteiger partial charge on any atom is -0.508 e. The van der Waals surface area contributed by atoms with Crippen molar-refractivity contribution < 1.29 is 10.2 Å². The van der Waals surface area contributed by atoms with Crippen LogP contribution in [-0.2, 0) is 6.42 Å². The van der Waals surface area contributed by atoms with E-state index in [1.54, 1.807) is 30.3 Å². The fourth-order valence-electron chi connectivity index (χ4n) is 1.89. The molecule has 0 aliphatic carbocycles. The number of nitrogens with zero attached hydrogens (tertiary/aromatic N) is 1. The van der Waals surface area contributed by atoms with E-state index >= 15 is 0 Å². The smallest absolute Gasteiger partial charge is 0.117 e. The highest BCUT2D eigenvalue weighted by molar-refractivity contribution is 6.31. The molecule has 3 nitrogen and oxygen atoms in total. The van der Waals surface area contributed by atoms with Gasteiger partial charge in [0.15, 0.2) is 0 Å². The molecule has 0 heterocycles. The lowest BCUT2D eigenvalue weighted by molar-refractivity contribution is 0.474. The van der Waals surface area contributed by atoms with Crippen molar-refractivity contribution >= 4 is 11.6 Å². The molecule has 0 aliphatic heterocycles. The number of aromatic hydroxyl groups is 2. The van der Waals surface area contributed by atoms with Crippen molar-refractivity contribution in [3.8, 4) is 17.6 Å². The van der Waals surface area contributed by atoms with Crippen LogP contribution in [0, 0.1) is 11.3 Å². The van der Waals surface area contributed by atoms with Crippen molar-refractivity contribution in [3.63, 3.8) is 0 Å². The van der Waals surface area contributed by atoms with Gasteiger partial charge in [-0.15, -0.1) is 0 Å². The molecular weight excluding hydrogens is 262 g/mol. The van der Waals surface area contributed by atoms with Crippen molar-refractivity contribution in [1.29, 1.82) is 5.26 Å². The van der Waals surface area contributed by atoms with Gasteiger partial charge in [0.1, 0.15) is 11.5 Å². The molecule has 0 spiro atoms. The maximum Gasteiger partial charge on any atom is 0.117 e. The van der Waals surface area contributed by atoms with E-state index in [4.69, 9.17) is 11.6 Å². The summed E-state index contributed by atoms with van der Waals surface area (Å²) in [5.41, 5.74) is 1.63. The number of halogens is 1. The first-order chi connectivity index (χ1) is 9.10. The van der Waals surface area contributed by atoms with Gasteiger partial charge in [0, 0.05) is 5.02 Å². The van der Waals surface area contributed by atoms with Gasteiger partial charge in [-0.05, 0) is 41.8 Å². The lowest BCUT2D eigenvalue weighted by atomic mass is 9.93. The van der Waals surface area contributed by atoms with Crippen molar-refractivity contribution in [3.05, 3.63) is 58.6 Å². The van der Waals surface area contributed by atoms with E-state index in [9.17, 15) is 15.5 Å². The molecule has 0 saturated heterocycles. The van der Waals surface area contributed by atoms with Gasteiger partial charge in [-0.1, -0.05) is 29.8 Å². The van der Waals surface area contributed by atoms with Crippen LogP contribution in [0.5, 0.6) is 11.5 Å². The van der Waals surface area contributed by atoms with Crippen LogP contribution in [0.2, 0.25) is 5.02 Å². The molecule has 0 saturated carbocycles. The second-order valence-electron chi connectivity index (χ2n) is 4.26. The monoisotopic (exact) mass is 273 g/mol. The summed E-state index contributed by atoms with van der Waals surface area (Å²) in [4.78, 5) is 0. The van der Waals surface area contributed by atoms with E-state index in [1.807, 2.05) is 0 Å². The van der Waals surface area contributed by atoms with Crippen molar-refractivity contribution in [2.45, 2.75) is 12.3 Å². The van der Waals surface area contributed by atoms with Crippen LogP contribution in [0.3, 0.4) is 0 Å². The molecule has 0 unspecified atom stereocenters. The van der Waals surface area contributed by atoms with Gasteiger partial charge in [-0.25, -0.2) is 0 Å². The first kappa shape index (κ1) is 13.3. The van der Waals surface area contributed by atoms with E-state index in [0.29, 0.717) is 17.0 Å². The molecule has 0 amide bonds. The lowest BCUT2D eigenvalue weighted by Gasteiger charge is -2.11. The Balaban J connectivity index is 2.25. The molecule has 0 fully saturated rings. The fraction of sp³-hybridized carbons (Fsp3) is 0.133. The maximum absolute atomic E-state index is 9.32. The SMILES string of the molecule is N#C[C@@H](Cc1ccc(O)cc1)c1ccc(O)cc1Cl. The zero-order valence-electron chi connectivity index (χ0n) is 10.0. The molecule has 2 rings (SSSR count). The van der Waals surface area contributed by atoms with E-state index in [1.165, 1.54) is 12.1 Å². The Morgan fingerprint density at radius 3 is 2.26 bits per heavy atom. The molecule has 0 aliphatic rings. The van der Waals surface area contributed by atoms with Gasteiger partial charge in [0.2, 0.25) is 0 Å². The number of phenolic OH excluding ortho intramolecular Hbond substituents is 2. The Bertz CT molecular complexity index is 617. The molecule has 19 heavy (non-hydrogen) atoms. The van der Waals surface area contributed by atoms with E-state index in [0.717, 1.165) is 5.56 Å².